The van der Waals surface area contributed by atoms with E-state index in [0.29, 0.717) is 19.4 Å². The van der Waals surface area contributed by atoms with Crippen LogP contribution in [0.3, 0.4) is 0 Å². The highest BCUT2D eigenvalue weighted by molar-refractivity contribution is 7.81. The van der Waals surface area contributed by atoms with Crippen molar-refractivity contribution in [1.29, 1.82) is 0 Å². The number of unbranched alkanes of at least 4 members (excludes halogenated alkanes) is 1. The van der Waals surface area contributed by atoms with Crippen LogP contribution in [-0.4, -0.2) is 31.5 Å². The van der Waals surface area contributed by atoms with Crippen LogP contribution in [0, 0.1) is 0 Å². The van der Waals surface area contributed by atoms with Crippen LogP contribution in [0.4, 0.5) is 0 Å². The van der Waals surface area contributed by atoms with E-state index >= 15 is 0 Å². The summed E-state index contributed by atoms with van der Waals surface area (Å²) in [6.07, 6.45) is 1.55. The molecule has 0 aromatic carbocycles. The SMILES string of the molecule is NCCCC[C@H](N)C(=O)OS(=O)(=O)O. The molecular formula is C6H14N2O5S. The molecular weight excluding hydrogens is 212 g/mol. The van der Waals surface area contributed by atoms with E-state index in [4.69, 9.17) is 16.0 Å². The van der Waals surface area contributed by atoms with E-state index in [1.165, 1.54) is 0 Å². The maximum Gasteiger partial charge on any atom is 0.449 e. The Bertz CT molecular complexity index is 276. The summed E-state index contributed by atoms with van der Waals surface area (Å²) in [7, 11) is -4.75. The number of carbonyl (C=O) groups excluding carboxylic acids is 1. The van der Waals surface area contributed by atoms with Crippen LogP contribution in [0.5, 0.6) is 0 Å². The first-order valence-electron chi connectivity index (χ1n) is 4.03. The molecule has 0 rings (SSSR count). The van der Waals surface area contributed by atoms with E-state index < -0.39 is 22.4 Å². The van der Waals surface area contributed by atoms with E-state index in [1.807, 2.05) is 0 Å². The maximum absolute atomic E-state index is 10.8. The van der Waals surface area contributed by atoms with Crippen LogP contribution in [-0.2, 0) is 19.4 Å². The molecule has 0 aliphatic carbocycles. The standard InChI is InChI=1S/C6H14N2O5S/c7-4-2-1-3-5(8)6(9)13-14(10,11)12/h5H,1-4,7-8H2,(H,10,11,12)/t5-/m0/s1. The van der Waals surface area contributed by atoms with Gasteiger partial charge in [-0.15, -0.1) is 0 Å². The first kappa shape index (κ1) is 13.3. The number of hydrogen-bond donors (Lipinski definition) is 3. The highest BCUT2D eigenvalue weighted by atomic mass is 32.3. The van der Waals surface area contributed by atoms with E-state index in [0.717, 1.165) is 0 Å². The molecule has 0 bridgehead atoms. The Balaban J connectivity index is 3.88. The predicted molar refractivity (Wildman–Crippen MR) is 48.5 cm³/mol. The lowest BCUT2D eigenvalue weighted by Gasteiger charge is -2.08. The molecule has 0 unspecified atom stereocenters. The average Bonchev–Trinajstić information content (AvgIpc) is 2.01. The van der Waals surface area contributed by atoms with Crippen molar-refractivity contribution >= 4 is 16.4 Å². The van der Waals surface area contributed by atoms with Gasteiger partial charge in [-0.3, -0.25) is 4.55 Å². The molecule has 0 saturated carbocycles. The monoisotopic (exact) mass is 226 g/mol. The molecule has 14 heavy (non-hydrogen) atoms. The van der Waals surface area contributed by atoms with Crippen LogP contribution in [0.15, 0.2) is 0 Å². The molecule has 0 spiro atoms. The summed E-state index contributed by atoms with van der Waals surface area (Å²) in [5.74, 6) is -1.16. The Hall–Kier alpha value is -0.700. The summed E-state index contributed by atoms with van der Waals surface area (Å²) < 4.78 is 32.1. The van der Waals surface area contributed by atoms with Gasteiger partial charge in [-0.2, -0.15) is 8.42 Å². The molecule has 0 radical (unpaired) electrons. The molecule has 0 aliphatic heterocycles. The number of rotatable bonds is 6. The Labute approximate surface area is 82.4 Å². The number of carbonyl (C=O) groups is 1. The van der Waals surface area contributed by atoms with Crippen molar-refractivity contribution in [2.75, 3.05) is 6.54 Å². The Morgan fingerprint density at radius 1 is 1.43 bits per heavy atom. The molecule has 0 heterocycles. The lowest BCUT2D eigenvalue weighted by molar-refractivity contribution is -0.136. The molecule has 8 heteroatoms. The van der Waals surface area contributed by atoms with Crippen molar-refractivity contribution in [3.05, 3.63) is 0 Å². The summed E-state index contributed by atoms with van der Waals surface area (Å²) in [5, 5.41) is 0. The quantitative estimate of drug-likeness (QED) is 0.382. The number of hydrogen-bond acceptors (Lipinski definition) is 6. The summed E-state index contributed by atoms with van der Waals surface area (Å²) >= 11 is 0. The molecule has 0 saturated heterocycles. The van der Waals surface area contributed by atoms with Gasteiger partial charge in [0.2, 0.25) is 0 Å². The fourth-order valence-corrected chi connectivity index (χ4v) is 1.12. The van der Waals surface area contributed by atoms with Crippen molar-refractivity contribution in [3.63, 3.8) is 0 Å². The minimum Gasteiger partial charge on any atom is -0.330 e. The van der Waals surface area contributed by atoms with Gasteiger partial charge in [0.1, 0.15) is 6.04 Å². The zero-order valence-electron chi connectivity index (χ0n) is 7.55. The molecule has 1 atom stereocenters. The smallest absolute Gasteiger partial charge is 0.330 e. The maximum atomic E-state index is 10.8. The van der Waals surface area contributed by atoms with Crippen molar-refractivity contribution in [2.45, 2.75) is 25.3 Å². The summed E-state index contributed by atoms with van der Waals surface area (Å²) in [6.45, 7) is 0.472. The van der Waals surface area contributed by atoms with Gasteiger partial charge in [0.05, 0.1) is 0 Å². The molecule has 7 nitrogen and oxygen atoms in total. The third-order valence-corrected chi connectivity index (χ3v) is 1.83. The third-order valence-electron chi connectivity index (χ3n) is 1.46. The van der Waals surface area contributed by atoms with Gasteiger partial charge in [0.25, 0.3) is 0 Å². The largest absolute Gasteiger partial charge is 0.449 e. The number of nitrogens with two attached hydrogens (primary N) is 2. The molecule has 5 N–H and O–H groups in total. The minimum absolute atomic E-state index is 0.269. The topological polar surface area (TPSA) is 133 Å². The van der Waals surface area contributed by atoms with Gasteiger partial charge in [-0.1, -0.05) is 6.42 Å². The zero-order chi connectivity index (χ0) is 11.2. The second-order valence-electron chi connectivity index (χ2n) is 2.72. The van der Waals surface area contributed by atoms with Crippen molar-refractivity contribution in [1.82, 2.24) is 0 Å². The van der Waals surface area contributed by atoms with Crippen LogP contribution in [0.1, 0.15) is 19.3 Å². The van der Waals surface area contributed by atoms with Crippen LogP contribution in [0.25, 0.3) is 0 Å². The fourth-order valence-electron chi connectivity index (χ4n) is 0.792. The lowest BCUT2D eigenvalue weighted by Crippen LogP contribution is -2.33. The van der Waals surface area contributed by atoms with Gasteiger partial charge in [0.15, 0.2) is 0 Å². The zero-order valence-corrected chi connectivity index (χ0v) is 8.37. The normalized spacial score (nSPS) is 13.6. The molecule has 0 amide bonds. The molecule has 0 aliphatic rings. The highest BCUT2D eigenvalue weighted by Crippen LogP contribution is 2.01. The van der Waals surface area contributed by atoms with Gasteiger partial charge in [-0.05, 0) is 19.4 Å². The molecule has 0 fully saturated rings. The van der Waals surface area contributed by atoms with Crippen molar-refractivity contribution in [2.24, 2.45) is 11.5 Å². The van der Waals surface area contributed by atoms with Crippen LogP contribution in [0.2, 0.25) is 0 Å². The second-order valence-corrected chi connectivity index (χ2v) is 3.74. The van der Waals surface area contributed by atoms with Gasteiger partial charge in [-0.25, -0.2) is 4.79 Å². The summed E-state index contributed by atoms with van der Waals surface area (Å²) in [5.41, 5.74) is 10.5. The van der Waals surface area contributed by atoms with Crippen LogP contribution >= 0.6 is 0 Å². The molecule has 84 valence electrons. The average molecular weight is 226 g/mol. The summed E-state index contributed by atoms with van der Waals surface area (Å²) in [4.78, 5) is 10.8. The Morgan fingerprint density at radius 3 is 2.43 bits per heavy atom. The molecule has 0 aromatic heterocycles. The van der Waals surface area contributed by atoms with Gasteiger partial charge in [0, 0.05) is 0 Å². The van der Waals surface area contributed by atoms with E-state index in [-0.39, 0.29) is 6.42 Å². The fraction of sp³-hybridized carbons (Fsp3) is 0.833. The first-order valence-corrected chi connectivity index (χ1v) is 5.39. The Kier molecular flexibility index (Phi) is 5.62. The highest BCUT2D eigenvalue weighted by Gasteiger charge is 2.20. The summed E-state index contributed by atoms with van der Waals surface area (Å²) in [6, 6.07) is -1.05. The van der Waals surface area contributed by atoms with E-state index in [9.17, 15) is 13.2 Å². The molecule has 0 aromatic rings. The first-order chi connectivity index (χ1) is 6.37. The third kappa shape index (κ3) is 6.78. The predicted octanol–water partition coefficient (Wildman–Crippen LogP) is -1.21. The van der Waals surface area contributed by atoms with E-state index in [1.54, 1.807) is 0 Å². The second kappa shape index (κ2) is 5.91. The van der Waals surface area contributed by atoms with Gasteiger partial charge >= 0.3 is 16.4 Å². The van der Waals surface area contributed by atoms with E-state index in [2.05, 4.69) is 4.18 Å². The van der Waals surface area contributed by atoms with Crippen molar-refractivity contribution < 1.29 is 21.9 Å². The van der Waals surface area contributed by atoms with Crippen molar-refractivity contribution in [3.8, 4) is 0 Å². The minimum atomic E-state index is -4.75. The lowest BCUT2D eigenvalue weighted by atomic mass is 10.1. The van der Waals surface area contributed by atoms with Gasteiger partial charge < -0.3 is 15.7 Å². The van der Waals surface area contributed by atoms with Crippen LogP contribution < -0.4 is 11.5 Å². The Morgan fingerprint density at radius 2 is 2.00 bits per heavy atom.